The van der Waals surface area contributed by atoms with Gasteiger partial charge < -0.3 is 14.1 Å². The van der Waals surface area contributed by atoms with Crippen molar-refractivity contribution in [3.63, 3.8) is 0 Å². The molecule has 8 heteroatoms. The number of nitrogens with zero attached hydrogens (tertiary/aromatic N) is 4. The van der Waals surface area contributed by atoms with Crippen LogP contribution in [0.4, 0.5) is 11.1 Å². The third-order valence-electron chi connectivity index (χ3n) is 6.59. The van der Waals surface area contributed by atoms with E-state index < -0.39 is 0 Å². The molecule has 4 heterocycles. The van der Waals surface area contributed by atoms with Gasteiger partial charge in [0, 0.05) is 25.6 Å². The first-order valence-electron chi connectivity index (χ1n) is 11.6. The molecule has 6 rings (SSSR count). The summed E-state index contributed by atoms with van der Waals surface area (Å²) in [4.78, 5) is 27.2. The van der Waals surface area contributed by atoms with Gasteiger partial charge in [0.05, 0.1) is 22.9 Å². The Hall–Kier alpha value is -2.97. The summed E-state index contributed by atoms with van der Waals surface area (Å²) in [6.45, 7) is 2.84. The molecule has 0 saturated carbocycles. The quantitative estimate of drug-likeness (QED) is 0.422. The monoisotopic (exact) mass is 462 g/mol. The van der Waals surface area contributed by atoms with Crippen LogP contribution >= 0.6 is 11.3 Å². The zero-order valence-corrected chi connectivity index (χ0v) is 19.2. The fraction of sp³-hybridized carbons (Fsp3) is 0.400. The molecule has 2 aromatic carbocycles. The van der Waals surface area contributed by atoms with Gasteiger partial charge in [0.25, 0.3) is 6.01 Å². The average Bonchev–Trinajstić information content (AvgIpc) is 3.61. The predicted molar refractivity (Wildman–Crippen MR) is 130 cm³/mol. The number of amides is 1. The summed E-state index contributed by atoms with van der Waals surface area (Å²) in [6, 6.07) is 16.5. The van der Waals surface area contributed by atoms with Gasteiger partial charge in [0.15, 0.2) is 10.7 Å². The van der Waals surface area contributed by atoms with Crippen molar-refractivity contribution in [1.29, 1.82) is 0 Å². The summed E-state index contributed by atoms with van der Waals surface area (Å²) < 4.78 is 12.9. The summed E-state index contributed by atoms with van der Waals surface area (Å²) in [7, 11) is 0. The smallest absolute Gasteiger partial charge is 0.298 e. The molecule has 0 N–H and O–H groups in total. The molecule has 170 valence electrons. The number of carbonyl (C=O) groups excluding carboxylic acids is 1. The van der Waals surface area contributed by atoms with Crippen molar-refractivity contribution < 1.29 is 13.9 Å². The number of rotatable bonds is 5. The molecule has 7 nitrogen and oxygen atoms in total. The largest absolute Gasteiger partial charge is 0.423 e. The second-order valence-corrected chi connectivity index (χ2v) is 9.78. The minimum Gasteiger partial charge on any atom is -0.423 e. The first-order valence-corrected chi connectivity index (χ1v) is 12.5. The second kappa shape index (κ2) is 8.76. The Labute approximate surface area is 196 Å². The number of para-hydroxylation sites is 3. The second-order valence-electron chi connectivity index (χ2n) is 8.77. The number of thiazole rings is 1. The van der Waals surface area contributed by atoms with Crippen molar-refractivity contribution in [3.8, 4) is 0 Å². The fourth-order valence-corrected chi connectivity index (χ4v) is 5.74. The van der Waals surface area contributed by atoms with Crippen molar-refractivity contribution in [2.75, 3.05) is 36.0 Å². The number of carbonyl (C=O) groups is 1. The minimum absolute atomic E-state index is 0.0426. The molecule has 2 aliphatic heterocycles. The number of ether oxygens (including phenoxy) is 1. The van der Waals surface area contributed by atoms with Crippen molar-refractivity contribution in [2.45, 2.75) is 31.8 Å². The third-order valence-corrected chi connectivity index (χ3v) is 7.65. The van der Waals surface area contributed by atoms with E-state index in [1.54, 1.807) is 11.3 Å². The van der Waals surface area contributed by atoms with Gasteiger partial charge in [-0.1, -0.05) is 35.6 Å². The number of piperidine rings is 1. The molecule has 2 aliphatic rings. The molecular weight excluding hydrogens is 436 g/mol. The molecule has 0 spiro atoms. The number of benzene rings is 2. The lowest BCUT2D eigenvalue weighted by atomic mass is 9.95. The van der Waals surface area contributed by atoms with Gasteiger partial charge in [-0.2, -0.15) is 4.98 Å². The molecule has 2 saturated heterocycles. The Morgan fingerprint density at radius 3 is 2.58 bits per heavy atom. The van der Waals surface area contributed by atoms with Gasteiger partial charge in [-0.05, 0) is 49.9 Å². The molecule has 4 aromatic rings. The first kappa shape index (κ1) is 20.6. The maximum atomic E-state index is 13.7. The molecule has 0 aliphatic carbocycles. The molecule has 33 heavy (non-hydrogen) atoms. The van der Waals surface area contributed by atoms with Gasteiger partial charge in [-0.15, -0.1) is 0 Å². The van der Waals surface area contributed by atoms with E-state index in [1.807, 2.05) is 47.4 Å². The molecule has 0 radical (unpaired) electrons. The van der Waals surface area contributed by atoms with Gasteiger partial charge in [0.2, 0.25) is 5.91 Å². The minimum atomic E-state index is -0.0426. The molecule has 2 aromatic heterocycles. The molecule has 1 amide bonds. The highest BCUT2D eigenvalue weighted by Crippen LogP contribution is 2.33. The molecule has 0 bridgehead atoms. The van der Waals surface area contributed by atoms with Crippen molar-refractivity contribution in [2.24, 2.45) is 5.92 Å². The molecule has 1 atom stereocenters. The molecular formula is C25H26N4O3S. The van der Waals surface area contributed by atoms with E-state index in [4.69, 9.17) is 14.1 Å². The van der Waals surface area contributed by atoms with E-state index in [2.05, 4.69) is 16.0 Å². The summed E-state index contributed by atoms with van der Waals surface area (Å²) in [6.07, 6.45) is 3.66. The normalized spacial score (nSPS) is 19.5. The van der Waals surface area contributed by atoms with Crippen molar-refractivity contribution in [1.82, 2.24) is 9.97 Å². The highest BCUT2D eigenvalue weighted by atomic mass is 32.1. The summed E-state index contributed by atoms with van der Waals surface area (Å²) in [5, 5.41) is 0.776. The van der Waals surface area contributed by atoms with Crippen LogP contribution in [0.25, 0.3) is 21.3 Å². The zero-order chi connectivity index (χ0) is 22.2. The van der Waals surface area contributed by atoms with E-state index in [9.17, 15) is 4.79 Å². The van der Waals surface area contributed by atoms with E-state index in [0.29, 0.717) is 12.6 Å². The third kappa shape index (κ3) is 4.09. The van der Waals surface area contributed by atoms with Gasteiger partial charge in [0.1, 0.15) is 5.52 Å². The van der Waals surface area contributed by atoms with E-state index in [1.165, 1.54) is 0 Å². The lowest BCUT2D eigenvalue weighted by Gasteiger charge is -2.33. The number of anilines is 2. The maximum absolute atomic E-state index is 13.7. The van der Waals surface area contributed by atoms with Crippen LogP contribution in [0.15, 0.2) is 52.9 Å². The maximum Gasteiger partial charge on any atom is 0.298 e. The Kier molecular flexibility index (Phi) is 5.47. The van der Waals surface area contributed by atoms with Crippen LogP contribution in [0.2, 0.25) is 0 Å². The van der Waals surface area contributed by atoms with Gasteiger partial charge in [-0.25, -0.2) is 4.98 Å². The first-order chi connectivity index (χ1) is 16.2. The van der Waals surface area contributed by atoms with Gasteiger partial charge in [-0.3, -0.25) is 9.69 Å². The van der Waals surface area contributed by atoms with Crippen molar-refractivity contribution in [3.05, 3.63) is 48.5 Å². The summed E-state index contributed by atoms with van der Waals surface area (Å²) in [5.74, 6) is 0.112. The summed E-state index contributed by atoms with van der Waals surface area (Å²) in [5.41, 5.74) is 2.60. The van der Waals surface area contributed by atoms with Gasteiger partial charge >= 0.3 is 0 Å². The Morgan fingerprint density at radius 1 is 1.03 bits per heavy atom. The highest BCUT2D eigenvalue weighted by molar-refractivity contribution is 7.22. The lowest BCUT2D eigenvalue weighted by molar-refractivity contribution is -0.123. The van der Waals surface area contributed by atoms with Crippen molar-refractivity contribution >= 4 is 49.7 Å². The number of hydrogen-bond acceptors (Lipinski definition) is 7. The highest BCUT2D eigenvalue weighted by Gasteiger charge is 2.34. The number of fused-ring (bicyclic) bond motifs is 2. The average molecular weight is 463 g/mol. The van der Waals surface area contributed by atoms with Crippen LogP contribution in [0.3, 0.4) is 0 Å². The van der Waals surface area contributed by atoms with Crippen LogP contribution in [0.5, 0.6) is 0 Å². The Bertz CT molecular complexity index is 1200. The SMILES string of the molecule is O=C(C1CCN(c2nc3ccccc3o2)CC1)N(CC1CCCO1)c1nc2ccccc2s1. The van der Waals surface area contributed by atoms with E-state index in [0.717, 1.165) is 71.8 Å². The Morgan fingerprint density at radius 2 is 1.82 bits per heavy atom. The number of aromatic nitrogens is 2. The van der Waals surface area contributed by atoms with E-state index in [-0.39, 0.29) is 17.9 Å². The van der Waals surface area contributed by atoms with Crippen LogP contribution < -0.4 is 9.80 Å². The Balaban J connectivity index is 1.20. The topological polar surface area (TPSA) is 71.7 Å². The van der Waals surface area contributed by atoms with E-state index >= 15 is 0 Å². The van der Waals surface area contributed by atoms with Crippen LogP contribution in [-0.4, -0.2) is 48.2 Å². The predicted octanol–water partition coefficient (Wildman–Crippen LogP) is 4.87. The lowest BCUT2D eigenvalue weighted by Crippen LogP contribution is -2.45. The summed E-state index contributed by atoms with van der Waals surface area (Å²) >= 11 is 1.58. The van der Waals surface area contributed by atoms with Crippen LogP contribution in [0.1, 0.15) is 25.7 Å². The molecule has 1 unspecified atom stereocenters. The number of oxazole rings is 1. The number of hydrogen-bond donors (Lipinski definition) is 0. The molecule has 2 fully saturated rings. The standard InChI is InChI=1S/C25H26N4O3S/c30-23(17-11-13-28(14-12-17)24-26-19-7-1-3-9-21(19)32-24)29(16-18-6-5-15-31-18)25-27-20-8-2-4-10-22(20)33-25/h1-4,7-10,17-18H,5-6,11-16H2. The zero-order valence-electron chi connectivity index (χ0n) is 18.4. The van der Waals surface area contributed by atoms with Crippen LogP contribution in [0, 0.1) is 5.92 Å². The van der Waals surface area contributed by atoms with Crippen LogP contribution in [-0.2, 0) is 9.53 Å². The fourth-order valence-electron chi connectivity index (χ4n) is 4.76.